The number of nitrogens with one attached hydrogen (secondary N) is 2. The molecule has 2 heterocycles. The van der Waals surface area contributed by atoms with Crippen molar-refractivity contribution < 1.29 is 9.53 Å². The van der Waals surface area contributed by atoms with Gasteiger partial charge in [0.25, 0.3) is 0 Å². The highest BCUT2D eigenvalue weighted by atomic mass is 16.5. The van der Waals surface area contributed by atoms with Crippen molar-refractivity contribution in [2.24, 2.45) is 0 Å². The van der Waals surface area contributed by atoms with Crippen molar-refractivity contribution in [3.8, 4) is 0 Å². The average molecular weight is 166 g/mol. The van der Waals surface area contributed by atoms with E-state index < -0.39 is 0 Å². The lowest BCUT2D eigenvalue weighted by Gasteiger charge is -2.22. The predicted octanol–water partition coefficient (Wildman–Crippen LogP) is 0.202. The number of ether oxygens (including phenoxy) is 1. The third-order valence-electron chi connectivity index (χ3n) is 1.85. The van der Waals surface area contributed by atoms with Gasteiger partial charge in [-0.2, -0.15) is 0 Å². The first kappa shape index (κ1) is 7.36. The first-order valence-electron chi connectivity index (χ1n) is 3.86. The molecule has 0 aliphatic carbocycles. The molecule has 4 heteroatoms. The maximum Gasteiger partial charge on any atom is 0.246 e. The number of carbonyl (C=O) groups is 1. The van der Waals surface area contributed by atoms with Crippen molar-refractivity contribution in [3.63, 3.8) is 0 Å². The Hall–Kier alpha value is -1.29. The fourth-order valence-electron chi connectivity index (χ4n) is 1.28. The zero-order valence-corrected chi connectivity index (χ0v) is 6.54. The predicted molar refractivity (Wildman–Crippen MR) is 42.5 cm³/mol. The van der Waals surface area contributed by atoms with E-state index in [1.165, 1.54) is 0 Å². The lowest BCUT2D eigenvalue weighted by Crippen LogP contribution is -2.39. The van der Waals surface area contributed by atoms with Crippen LogP contribution in [-0.4, -0.2) is 24.1 Å². The van der Waals surface area contributed by atoms with E-state index >= 15 is 0 Å². The van der Waals surface area contributed by atoms with Crippen LogP contribution in [0.5, 0.6) is 0 Å². The van der Waals surface area contributed by atoms with Gasteiger partial charge < -0.3 is 15.0 Å². The molecule has 1 fully saturated rings. The molecule has 1 saturated heterocycles. The molecule has 2 rings (SSSR count). The van der Waals surface area contributed by atoms with Crippen molar-refractivity contribution in [1.82, 2.24) is 10.3 Å². The fraction of sp³-hybridized carbons (Fsp3) is 0.375. The summed E-state index contributed by atoms with van der Waals surface area (Å²) >= 11 is 0. The average Bonchev–Trinajstić information content (AvgIpc) is 2.56. The smallest absolute Gasteiger partial charge is 0.246 e. The second kappa shape index (κ2) is 2.98. The number of aromatic nitrogens is 1. The van der Waals surface area contributed by atoms with E-state index in [0.717, 1.165) is 5.69 Å². The normalized spacial score (nSPS) is 23.7. The Kier molecular flexibility index (Phi) is 1.83. The van der Waals surface area contributed by atoms with Crippen LogP contribution in [0.25, 0.3) is 0 Å². The number of aromatic amines is 1. The Labute approximate surface area is 69.9 Å². The number of H-pyrrole nitrogens is 1. The summed E-state index contributed by atoms with van der Waals surface area (Å²) in [7, 11) is 0. The SMILES string of the molecule is O=C1COCC(c2ccc[nH]2)N1. The molecule has 1 aromatic rings. The Morgan fingerprint density at radius 1 is 1.58 bits per heavy atom. The van der Waals surface area contributed by atoms with Gasteiger partial charge in [0, 0.05) is 11.9 Å². The fourth-order valence-corrected chi connectivity index (χ4v) is 1.28. The summed E-state index contributed by atoms with van der Waals surface area (Å²) in [6.07, 6.45) is 1.83. The van der Waals surface area contributed by atoms with Gasteiger partial charge >= 0.3 is 0 Å². The zero-order valence-electron chi connectivity index (χ0n) is 6.54. The lowest BCUT2D eigenvalue weighted by atomic mass is 10.2. The van der Waals surface area contributed by atoms with Crippen LogP contribution in [0, 0.1) is 0 Å². The zero-order chi connectivity index (χ0) is 8.39. The monoisotopic (exact) mass is 166 g/mol. The van der Waals surface area contributed by atoms with Gasteiger partial charge in [0.05, 0.1) is 12.6 Å². The number of carbonyl (C=O) groups excluding carboxylic acids is 1. The Balaban J connectivity index is 2.09. The van der Waals surface area contributed by atoms with Crippen LogP contribution < -0.4 is 5.32 Å². The number of hydrogen-bond acceptors (Lipinski definition) is 2. The molecule has 0 aromatic carbocycles. The van der Waals surface area contributed by atoms with E-state index in [1.807, 2.05) is 18.3 Å². The standard InChI is InChI=1S/C8H10N2O2/c11-8-5-12-4-7(10-8)6-2-1-3-9-6/h1-3,7,9H,4-5H2,(H,10,11). The number of rotatable bonds is 1. The summed E-state index contributed by atoms with van der Waals surface area (Å²) in [5, 5.41) is 2.82. The third kappa shape index (κ3) is 1.33. The summed E-state index contributed by atoms with van der Waals surface area (Å²) in [6, 6.07) is 3.82. The van der Waals surface area contributed by atoms with Crippen molar-refractivity contribution in [2.45, 2.75) is 6.04 Å². The van der Waals surface area contributed by atoms with Crippen molar-refractivity contribution >= 4 is 5.91 Å². The maximum absolute atomic E-state index is 10.9. The molecule has 0 saturated carbocycles. The summed E-state index contributed by atoms with van der Waals surface area (Å²) in [5.41, 5.74) is 0.989. The highest BCUT2D eigenvalue weighted by Crippen LogP contribution is 2.12. The van der Waals surface area contributed by atoms with E-state index in [4.69, 9.17) is 4.74 Å². The van der Waals surface area contributed by atoms with Gasteiger partial charge in [-0.1, -0.05) is 0 Å². The Morgan fingerprint density at radius 2 is 2.50 bits per heavy atom. The van der Waals surface area contributed by atoms with Crippen molar-refractivity contribution in [1.29, 1.82) is 0 Å². The van der Waals surface area contributed by atoms with Crippen LogP contribution in [0.4, 0.5) is 0 Å². The van der Waals surface area contributed by atoms with Crippen molar-refractivity contribution in [2.75, 3.05) is 13.2 Å². The first-order chi connectivity index (χ1) is 5.86. The highest BCUT2D eigenvalue weighted by molar-refractivity contribution is 5.78. The molecule has 1 atom stereocenters. The quantitative estimate of drug-likeness (QED) is 0.626. The first-order valence-corrected chi connectivity index (χ1v) is 3.86. The van der Waals surface area contributed by atoms with Gasteiger partial charge in [0.1, 0.15) is 6.61 Å². The topological polar surface area (TPSA) is 54.1 Å². The van der Waals surface area contributed by atoms with Crippen LogP contribution in [0.2, 0.25) is 0 Å². The molecule has 0 bridgehead atoms. The van der Waals surface area contributed by atoms with Gasteiger partial charge in [0.2, 0.25) is 5.91 Å². The molecule has 4 nitrogen and oxygen atoms in total. The lowest BCUT2D eigenvalue weighted by molar-refractivity contribution is -0.131. The van der Waals surface area contributed by atoms with Crippen LogP contribution in [-0.2, 0) is 9.53 Å². The largest absolute Gasteiger partial charge is 0.369 e. The molecule has 1 amide bonds. The van der Waals surface area contributed by atoms with Gasteiger partial charge in [-0.15, -0.1) is 0 Å². The van der Waals surface area contributed by atoms with E-state index in [0.29, 0.717) is 6.61 Å². The summed E-state index contributed by atoms with van der Waals surface area (Å²) in [4.78, 5) is 14.0. The number of amides is 1. The van der Waals surface area contributed by atoms with Gasteiger partial charge in [0.15, 0.2) is 0 Å². The highest BCUT2D eigenvalue weighted by Gasteiger charge is 2.20. The molecule has 1 aliphatic heterocycles. The molecule has 0 spiro atoms. The number of morpholine rings is 1. The van der Waals surface area contributed by atoms with Gasteiger partial charge in [-0.25, -0.2) is 0 Å². The number of hydrogen-bond donors (Lipinski definition) is 2. The summed E-state index contributed by atoms with van der Waals surface area (Å²) in [5.74, 6) is -0.0548. The molecule has 12 heavy (non-hydrogen) atoms. The van der Waals surface area contributed by atoms with E-state index in [2.05, 4.69) is 10.3 Å². The molecular formula is C8H10N2O2. The second-order valence-electron chi connectivity index (χ2n) is 2.76. The molecule has 64 valence electrons. The maximum atomic E-state index is 10.9. The molecule has 0 radical (unpaired) electrons. The minimum atomic E-state index is -0.0548. The second-order valence-corrected chi connectivity index (χ2v) is 2.76. The van der Waals surface area contributed by atoms with Gasteiger partial charge in [-0.3, -0.25) is 4.79 Å². The molecule has 1 aromatic heterocycles. The Morgan fingerprint density at radius 3 is 3.17 bits per heavy atom. The molecule has 2 N–H and O–H groups in total. The molecule has 1 unspecified atom stereocenters. The van der Waals surface area contributed by atoms with Crippen LogP contribution in [0.15, 0.2) is 18.3 Å². The van der Waals surface area contributed by atoms with Crippen molar-refractivity contribution in [3.05, 3.63) is 24.0 Å². The van der Waals surface area contributed by atoms with E-state index in [9.17, 15) is 4.79 Å². The third-order valence-corrected chi connectivity index (χ3v) is 1.85. The minimum Gasteiger partial charge on any atom is -0.369 e. The minimum absolute atomic E-state index is 0.0127. The summed E-state index contributed by atoms with van der Waals surface area (Å²) in [6.45, 7) is 0.726. The van der Waals surface area contributed by atoms with E-state index in [1.54, 1.807) is 0 Å². The van der Waals surface area contributed by atoms with Crippen LogP contribution in [0.3, 0.4) is 0 Å². The Bertz CT molecular complexity index is 269. The molecular weight excluding hydrogens is 156 g/mol. The van der Waals surface area contributed by atoms with E-state index in [-0.39, 0.29) is 18.6 Å². The molecule has 1 aliphatic rings. The van der Waals surface area contributed by atoms with Crippen LogP contribution >= 0.6 is 0 Å². The van der Waals surface area contributed by atoms with Crippen LogP contribution in [0.1, 0.15) is 11.7 Å². The summed E-state index contributed by atoms with van der Waals surface area (Å²) < 4.78 is 5.09. The van der Waals surface area contributed by atoms with Gasteiger partial charge in [-0.05, 0) is 12.1 Å².